The molecule has 8 fully saturated rings. The number of ether oxygens (including phenoxy) is 5. The van der Waals surface area contributed by atoms with Crippen molar-refractivity contribution in [3.63, 3.8) is 0 Å². The third kappa shape index (κ3) is 4.05. The molecule has 0 amide bonds. The van der Waals surface area contributed by atoms with E-state index in [1.54, 1.807) is 13.8 Å². The van der Waals surface area contributed by atoms with Crippen molar-refractivity contribution < 1.29 is 48.9 Å². The predicted molar refractivity (Wildman–Crippen MR) is 168 cm³/mol. The molecule has 0 aromatic carbocycles. The Morgan fingerprint density at radius 3 is 2.26 bits per heavy atom. The van der Waals surface area contributed by atoms with Crippen LogP contribution in [0, 0.1) is 44.8 Å². The molecule has 15 atom stereocenters. The highest BCUT2D eigenvalue weighted by atomic mass is 16.7. The fourth-order valence-corrected chi connectivity index (χ4v) is 14.2. The van der Waals surface area contributed by atoms with E-state index >= 15 is 0 Å². The molecule has 3 aliphatic heterocycles. The van der Waals surface area contributed by atoms with Gasteiger partial charge in [0.2, 0.25) is 0 Å². The molecule has 4 N–H and O–H groups in total. The van der Waals surface area contributed by atoms with Crippen molar-refractivity contribution in [2.45, 2.75) is 166 Å². The van der Waals surface area contributed by atoms with Gasteiger partial charge in [-0.15, -0.1) is 0 Å². The van der Waals surface area contributed by atoms with Gasteiger partial charge in [0.1, 0.15) is 30.0 Å². The van der Waals surface area contributed by atoms with Gasteiger partial charge < -0.3 is 44.1 Å². The summed E-state index contributed by atoms with van der Waals surface area (Å²) in [5.74, 6) is -0.443. The van der Waals surface area contributed by atoms with Gasteiger partial charge in [-0.3, -0.25) is 4.79 Å². The molecule has 5 aliphatic carbocycles. The van der Waals surface area contributed by atoms with Crippen molar-refractivity contribution in [1.82, 2.24) is 0 Å². The number of fused-ring (bicyclic) bond motifs is 4. The summed E-state index contributed by atoms with van der Waals surface area (Å²) in [5.41, 5.74) is -1.88. The SMILES string of the molecule is CC(=O)O[C@H]1C[C@@]2(C)[C@@H]3CC[C@@H]4C(C)(C)[C@@H](O[C@@H]5OC[C@@H](O)[C@H](O)[C@H]5O)CC[C@@]45C[C@@]35CC[C@@]23CO[C@@]2(C(C)(C)O)CC[C@](C)(O2)[C@@H]13. The molecular formula is C37H58O10. The Hall–Kier alpha value is -0.850. The Labute approximate surface area is 279 Å². The van der Waals surface area contributed by atoms with E-state index < -0.39 is 41.6 Å². The lowest BCUT2D eigenvalue weighted by Gasteiger charge is -2.64. The molecule has 3 saturated heterocycles. The second-order valence-electron chi connectivity index (χ2n) is 18.8. The minimum atomic E-state index is -1.29. The number of hydrogen-bond acceptors (Lipinski definition) is 10. The molecule has 0 aromatic rings. The highest BCUT2D eigenvalue weighted by Gasteiger charge is 2.85. The third-order valence-corrected chi connectivity index (χ3v) is 16.2. The summed E-state index contributed by atoms with van der Waals surface area (Å²) in [7, 11) is 0. The number of carbonyl (C=O) groups is 1. The predicted octanol–water partition coefficient (Wildman–Crippen LogP) is 3.84. The van der Waals surface area contributed by atoms with Crippen LogP contribution in [0.25, 0.3) is 0 Å². The second-order valence-corrected chi connectivity index (χ2v) is 18.8. The number of carbonyl (C=O) groups excluding carboxylic acids is 1. The van der Waals surface area contributed by atoms with Crippen LogP contribution < -0.4 is 0 Å². The first-order chi connectivity index (χ1) is 21.8. The van der Waals surface area contributed by atoms with Crippen LogP contribution in [0.3, 0.4) is 0 Å². The Morgan fingerprint density at radius 2 is 1.55 bits per heavy atom. The Kier molecular flexibility index (Phi) is 7.03. The Balaban J connectivity index is 1.11. The van der Waals surface area contributed by atoms with Crippen molar-refractivity contribution in [1.29, 1.82) is 0 Å². The quantitative estimate of drug-likeness (QED) is 0.259. The summed E-state index contributed by atoms with van der Waals surface area (Å²) < 4.78 is 32.2. The lowest BCUT2D eigenvalue weighted by Crippen LogP contribution is -2.61. The Bertz CT molecular complexity index is 1310. The van der Waals surface area contributed by atoms with Gasteiger partial charge in [0.05, 0.1) is 24.9 Å². The minimum Gasteiger partial charge on any atom is -0.462 e. The second kappa shape index (κ2) is 9.93. The number of rotatable bonds is 4. The smallest absolute Gasteiger partial charge is 0.302 e. The molecule has 10 nitrogen and oxygen atoms in total. The molecule has 47 heavy (non-hydrogen) atoms. The summed E-state index contributed by atoms with van der Waals surface area (Å²) in [6.07, 6.45) is 4.49. The zero-order valence-corrected chi connectivity index (χ0v) is 29.4. The normalized spacial score (nSPS) is 57.5. The summed E-state index contributed by atoms with van der Waals surface area (Å²) in [6.45, 7) is 14.8. The van der Waals surface area contributed by atoms with Crippen molar-refractivity contribution >= 4 is 5.97 Å². The third-order valence-electron chi connectivity index (χ3n) is 16.2. The van der Waals surface area contributed by atoms with Crippen LogP contribution in [0.2, 0.25) is 0 Å². The van der Waals surface area contributed by atoms with E-state index in [0.717, 1.165) is 51.4 Å². The van der Waals surface area contributed by atoms with Gasteiger partial charge in [0.25, 0.3) is 0 Å². The highest BCUT2D eigenvalue weighted by molar-refractivity contribution is 5.66. The van der Waals surface area contributed by atoms with Crippen LogP contribution >= 0.6 is 0 Å². The van der Waals surface area contributed by atoms with E-state index in [4.69, 9.17) is 23.7 Å². The first-order valence-corrected chi connectivity index (χ1v) is 18.4. The number of aliphatic hydroxyl groups excluding tert-OH is 3. The molecule has 3 heterocycles. The lowest BCUT2D eigenvalue weighted by atomic mass is 9.41. The van der Waals surface area contributed by atoms with E-state index in [1.807, 2.05) is 0 Å². The van der Waals surface area contributed by atoms with Gasteiger partial charge in [-0.25, -0.2) is 0 Å². The Morgan fingerprint density at radius 1 is 0.872 bits per heavy atom. The molecular weight excluding hydrogens is 604 g/mol. The van der Waals surface area contributed by atoms with E-state index in [2.05, 4.69) is 27.7 Å². The van der Waals surface area contributed by atoms with Gasteiger partial charge in [-0.05, 0) is 112 Å². The van der Waals surface area contributed by atoms with Crippen molar-refractivity contribution in [2.75, 3.05) is 13.2 Å². The molecule has 3 spiro atoms. The average Bonchev–Trinajstić information content (AvgIpc) is 3.43. The monoisotopic (exact) mass is 662 g/mol. The summed E-state index contributed by atoms with van der Waals surface area (Å²) >= 11 is 0. The maximum Gasteiger partial charge on any atom is 0.302 e. The van der Waals surface area contributed by atoms with Crippen molar-refractivity contribution in [3.8, 4) is 0 Å². The van der Waals surface area contributed by atoms with Crippen molar-refractivity contribution in [3.05, 3.63) is 0 Å². The largest absolute Gasteiger partial charge is 0.462 e. The fraction of sp³-hybridized carbons (Fsp3) is 0.973. The molecule has 8 rings (SSSR count). The first-order valence-electron chi connectivity index (χ1n) is 18.4. The number of hydrogen-bond donors (Lipinski definition) is 4. The van der Waals surface area contributed by atoms with Crippen LogP contribution in [0.15, 0.2) is 0 Å². The van der Waals surface area contributed by atoms with E-state index in [9.17, 15) is 25.2 Å². The van der Waals surface area contributed by atoms with Crippen LogP contribution in [0.1, 0.15) is 113 Å². The molecule has 0 unspecified atom stereocenters. The molecule has 0 aromatic heterocycles. The minimum absolute atomic E-state index is 0.0169. The van der Waals surface area contributed by atoms with Crippen LogP contribution in [0.5, 0.6) is 0 Å². The number of esters is 1. The maximum atomic E-state index is 12.6. The van der Waals surface area contributed by atoms with Gasteiger partial charge in [0, 0.05) is 24.7 Å². The highest BCUT2D eigenvalue weighted by Crippen LogP contribution is 2.89. The van der Waals surface area contributed by atoms with Crippen LogP contribution in [0.4, 0.5) is 0 Å². The summed E-state index contributed by atoms with van der Waals surface area (Å²) in [4.78, 5) is 12.6. The van der Waals surface area contributed by atoms with Gasteiger partial charge >= 0.3 is 5.97 Å². The van der Waals surface area contributed by atoms with Crippen LogP contribution in [-0.4, -0.2) is 93.4 Å². The van der Waals surface area contributed by atoms with E-state index in [1.165, 1.54) is 13.3 Å². The maximum absolute atomic E-state index is 12.6. The van der Waals surface area contributed by atoms with Crippen LogP contribution in [-0.2, 0) is 28.5 Å². The van der Waals surface area contributed by atoms with E-state index in [0.29, 0.717) is 24.9 Å². The molecule has 2 bridgehead atoms. The first kappa shape index (κ1) is 33.3. The zero-order chi connectivity index (χ0) is 33.8. The molecule has 0 radical (unpaired) electrons. The zero-order valence-electron chi connectivity index (χ0n) is 29.4. The molecule has 8 aliphatic rings. The lowest BCUT2D eigenvalue weighted by molar-refractivity contribution is -0.314. The topological polar surface area (TPSA) is 144 Å². The molecule has 266 valence electrons. The summed E-state index contributed by atoms with van der Waals surface area (Å²) in [6, 6.07) is 0. The number of aliphatic hydroxyl groups is 4. The van der Waals surface area contributed by atoms with E-state index in [-0.39, 0.29) is 57.8 Å². The molecule has 10 heteroatoms. The van der Waals surface area contributed by atoms with Gasteiger partial charge in [-0.1, -0.05) is 20.8 Å². The average molecular weight is 663 g/mol. The van der Waals surface area contributed by atoms with Crippen molar-refractivity contribution in [2.24, 2.45) is 44.8 Å². The van der Waals surface area contributed by atoms with Gasteiger partial charge in [0.15, 0.2) is 12.1 Å². The molecule has 5 saturated carbocycles. The standard InChI is InChI=1S/C37H58O10/c1-20(38)45-22-16-32(6)24-9-8-23-30(2,3)25(46-29-27(41)26(40)21(39)17-43-29)10-11-34(23)18-35(24,34)13-14-36(32)19-44-37(31(4,5)42)15-12-33(7,47-37)28(22)36/h21-29,39-42H,8-19H2,1-7H3/t21-,22+,23-,24+,25+,26+,27-,28-,29+,32+,33+,34-,35+,36+,37+/m1/s1. The fourth-order valence-electron chi connectivity index (χ4n) is 14.2. The summed E-state index contributed by atoms with van der Waals surface area (Å²) in [5, 5.41) is 42.3. The van der Waals surface area contributed by atoms with Gasteiger partial charge in [-0.2, -0.15) is 0 Å².